The van der Waals surface area contributed by atoms with Gasteiger partial charge in [-0.15, -0.1) is 11.4 Å². The smallest absolute Gasteiger partial charge is 0.0624 e. The Balaban J connectivity index is 0.000000386. The third kappa shape index (κ3) is 5.09. The van der Waals surface area contributed by atoms with Crippen LogP contribution in [0.25, 0.3) is 5.32 Å². The first-order chi connectivity index (χ1) is 7.86. The zero-order valence-electron chi connectivity index (χ0n) is 9.63. The Morgan fingerprint density at radius 1 is 0.812 bits per heavy atom. The molecule has 0 fully saturated rings. The first-order valence-corrected chi connectivity index (χ1v) is 7.57. The summed E-state index contributed by atoms with van der Waals surface area (Å²) in [6.45, 7) is 2.18. The number of para-hydroxylation sites is 2. The Labute approximate surface area is 108 Å². The summed E-state index contributed by atoms with van der Waals surface area (Å²) in [6.07, 6.45) is 0. The fourth-order valence-electron chi connectivity index (χ4n) is 1.15. The maximum absolute atomic E-state index is 4.44. The van der Waals surface area contributed by atoms with Gasteiger partial charge in [0.2, 0.25) is 0 Å². The van der Waals surface area contributed by atoms with E-state index in [0.29, 0.717) is 0 Å². The Bertz CT molecular complexity index is 335. The van der Waals surface area contributed by atoms with Gasteiger partial charge in [-0.05, 0) is 0 Å². The summed E-state index contributed by atoms with van der Waals surface area (Å²) in [4.78, 5) is 0. The van der Waals surface area contributed by atoms with Crippen LogP contribution in [-0.2, 0) is 18.3 Å². The molecule has 0 amide bonds. The zero-order chi connectivity index (χ0) is 11.6. The topological polar surface area (TPSA) is 14.1 Å². The van der Waals surface area contributed by atoms with Crippen LogP contribution in [0, 0.1) is 0 Å². The molecule has 0 atom stereocenters. The molecule has 2 heteroatoms. The fourth-order valence-corrected chi connectivity index (χ4v) is 1.15. The minimum atomic E-state index is 0.994. The molecule has 16 heavy (non-hydrogen) atoms. The number of rotatable bonds is 2. The molecular formula is C14H15NZn. The molecule has 0 N–H and O–H groups in total. The van der Waals surface area contributed by atoms with Crippen molar-refractivity contribution >= 4 is 11.4 Å². The molecule has 0 aliphatic carbocycles. The Kier molecular flexibility index (Phi) is 6.52. The second kappa shape index (κ2) is 8.07. The van der Waals surface area contributed by atoms with Crippen LogP contribution in [0.1, 0.15) is 6.92 Å². The van der Waals surface area contributed by atoms with Crippen LogP contribution < -0.4 is 0 Å². The second-order valence-corrected chi connectivity index (χ2v) is 5.38. The van der Waals surface area contributed by atoms with E-state index in [2.05, 4.69) is 12.2 Å². The van der Waals surface area contributed by atoms with E-state index in [1.165, 1.54) is 23.3 Å². The van der Waals surface area contributed by atoms with E-state index in [1.54, 1.807) is 0 Å². The molecule has 0 aliphatic heterocycles. The molecular weight excluding hydrogens is 248 g/mol. The summed E-state index contributed by atoms with van der Waals surface area (Å²) >= 11 is 1.44. The fraction of sp³-hybridized carbons (Fsp3) is 0.143. The van der Waals surface area contributed by atoms with E-state index in [-0.39, 0.29) is 0 Å². The molecule has 0 spiro atoms. The second-order valence-electron chi connectivity index (χ2n) is 3.28. The molecule has 0 saturated heterocycles. The van der Waals surface area contributed by atoms with Crippen LogP contribution in [0.15, 0.2) is 60.7 Å². The van der Waals surface area contributed by atoms with Crippen molar-refractivity contribution in [3.05, 3.63) is 66.0 Å². The van der Waals surface area contributed by atoms with Crippen molar-refractivity contribution in [2.45, 2.75) is 11.9 Å². The van der Waals surface area contributed by atoms with Gasteiger partial charge in [0.1, 0.15) is 0 Å². The molecule has 0 heterocycles. The molecule has 0 radical (unpaired) electrons. The molecule has 0 saturated carbocycles. The molecule has 78 valence electrons. The molecule has 2 rings (SSSR count). The molecule has 0 unspecified atom stereocenters. The molecule has 2 aromatic carbocycles. The van der Waals surface area contributed by atoms with Crippen LogP contribution >= 0.6 is 0 Å². The van der Waals surface area contributed by atoms with E-state index < -0.39 is 0 Å². The standard InChI is InChI=1S/C12H10N.C2H5.Zn/c1-3-7-11(8-4-1)13-12-9-5-2-6-10-12;1-2;/h1-10H;1H2,2H3;/q-1;;+1. The molecule has 0 bridgehead atoms. The summed E-state index contributed by atoms with van der Waals surface area (Å²) in [5.74, 6) is 0. The van der Waals surface area contributed by atoms with Crippen LogP contribution in [-0.4, -0.2) is 0 Å². The maximum Gasteiger partial charge on any atom is -0.0624 e. The van der Waals surface area contributed by atoms with Gasteiger partial charge in [0.25, 0.3) is 0 Å². The van der Waals surface area contributed by atoms with Crippen molar-refractivity contribution in [3.8, 4) is 0 Å². The van der Waals surface area contributed by atoms with Gasteiger partial charge in [0, 0.05) is 0 Å². The summed E-state index contributed by atoms with van der Waals surface area (Å²) < 4.78 is 0. The normalized spacial score (nSPS) is 8.94. The predicted octanol–water partition coefficient (Wildman–Crippen LogP) is 4.99. The van der Waals surface area contributed by atoms with Crippen LogP contribution in [0.4, 0.5) is 11.4 Å². The van der Waals surface area contributed by atoms with E-state index >= 15 is 0 Å². The van der Waals surface area contributed by atoms with Gasteiger partial charge in [0.15, 0.2) is 0 Å². The third-order valence-electron chi connectivity index (χ3n) is 1.77. The van der Waals surface area contributed by atoms with Crippen molar-refractivity contribution in [2.75, 3.05) is 0 Å². The van der Waals surface area contributed by atoms with Gasteiger partial charge in [-0.1, -0.05) is 60.7 Å². The van der Waals surface area contributed by atoms with Gasteiger partial charge in [-0.2, -0.15) is 0 Å². The molecule has 0 aromatic heterocycles. The number of hydrogen-bond donors (Lipinski definition) is 0. The monoisotopic (exact) mass is 261 g/mol. The minimum Gasteiger partial charge on any atom is -0.658 e. The van der Waals surface area contributed by atoms with E-state index in [0.717, 1.165) is 11.4 Å². The maximum atomic E-state index is 4.44. The summed E-state index contributed by atoms with van der Waals surface area (Å²) in [6, 6.07) is 19.9. The minimum absolute atomic E-state index is 0.994. The van der Waals surface area contributed by atoms with Crippen molar-refractivity contribution < 1.29 is 18.3 Å². The number of nitrogens with zero attached hydrogens (tertiary/aromatic N) is 1. The van der Waals surface area contributed by atoms with Gasteiger partial charge in [-0.25, -0.2) is 0 Å². The molecule has 0 aliphatic rings. The van der Waals surface area contributed by atoms with Gasteiger partial charge in [0.05, 0.1) is 0 Å². The van der Waals surface area contributed by atoms with Gasteiger partial charge >= 0.3 is 30.2 Å². The van der Waals surface area contributed by atoms with Crippen molar-refractivity contribution in [3.63, 3.8) is 0 Å². The zero-order valence-corrected chi connectivity index (χ0v) is 12.6. The van der Waals surface area contributed by atoms with Crippen LogP contribution in [0.2, 0.25) is 5.02 Å². The van der Waals surface area contributed by atoms with Crippen molar-refractivity contribution in [1.82, 2.24) is 0 Å². The molecule has 1 nitrogen and oxygen atoms in total. The first kappa shape index (κ1) is 12.9. The van der Waals surface area contributed by atoms with Gasteiger partial charge in [-0.3, -0.25) is 0 Å². The summed E-state index contributed by atoms with van der Waals surface area (Å²) in [7, 11) is 0. The average Bonchev–Trinajstić information content (AvgIpc) is 2.33. The molecule has 2 aromatic rings. The van der Waals surface area contributed by atoms with Crippen molar-refractivity contribution in [2.24, 2.45) is 0 Å². The number of benzene rings is 2. The van der Waals surface area contributed by atoms with Crippen molar-refractivity contribution in [1.29, 1.82) is 0 Å². The first-order valence-electron chi connectivity index (χ1n) is 5.48. The van der Waals surface area contributed by atoms with E-state index in [1.807, 2.05) is 60.7 Å². The predicted molar refractivity (Wildman–Crippen MR) is 66.0 cm³/mol. The SMILES string of the molecule is C[CH2][Zn+].c1ccc([N-]c2ccccc2)cc1. The third-order valence-corrected chi connectivity index (χ3v) is 1.77. The Morgan fingerprint density at radius 3 is 1.44 bits per heavy atom. The summed E-state index contributed by atoms with van der Waals surface area (Å²) in [5.41, 5.74) is 1.99. The van der Waals surface area contributed by atoms with Crippen LogP contribution in [0.5, 0.6) is 0 Å². The van der Waals surface area contributed by atoms with E-state index in [9.17, 15) is 0 Å². The summed E-state index contributed by atoms with van der Waals surface area (Å²) in [5, 5.41) is 5.82. The largest absolute Gasteiger partial charge is 0.658 e. The Hall–Kier alpha value is -1.14. The van der Waals surface area contributed by atoms with E-state index in [4.69, 9.17) is 0 Å². The quantitative estimate of drug-likeness (QED) is 0.677. The number of hydrogen-bond acceptors (Lipinski definition) is 0. The average molecular weight is 263 g/mol. The van der Waals surface area contributed by atoms with Crippen LogP contribution in [0.3, 0.4) is 0 Å². The Morgan fingerprint density at radius 2 is 1.12 bits per heavy atom. The van der Waals surface area contributed by atoms with Gasteiger partial charge < -0.3 is 5.32 Å².